The van der Waals surface area contributed by atoms with E-state index in [0.29, 0.717) is 12.8 Å². The number of pyridine rings is 1. The largest absolute Gasteiger partial charge is 0.481 e. The maximum Gasteiger partial charge on any atom is 0.306 e. The smallest absolute Gasteiger partial charge is 0.306 e. The summed E-state index contributed by atoms with van der Waals surface area (Å²) in [7, 11) is 0. The summed E-state index contributed by atoms with van der Waals surface area (Å²) < 4.78 is 1.93. The van der Waals surface area contributed by atoms with Gasteiger partial charge in [-0.05, 0) is 64.9 Å². The number of hydrogen-bond donors (Lipinski definition) is 3. The Balaban J connectivity index is 1.53. The van der Waals surface area contributed by atoms with Crippen LogP contribution in [0.4, 0.5) is 5.69 Å². The van der Waals surface area contributed by atoms with Crippen molar-refractivity contribution in [2.24, 2.45) is 5.92 Å². The van der Waals surface area contributed by atoms with Crippen LogP contribution in [0.15, 0.2) is 12.3 Å². The van der Waals surface area contributed by atoms with E-state index in [0.717, 1.165) is 65.9 Å². The van der Waals surface area contributed by atoms with E-state index >= 15 is 0 Å². The Labute approximate surface area is 175 Å². The average Bonchev–Trinajstić information content (AvgIpc) is 3.31. The average molecular weight is 412 g/mol. The highest BCUT2D eigenvalue weighted by Crippen LogP contribution is 2.44. The second-order valence-electron chi connectivity index (χ2n) is 8.86. The van der Waals surface area contributed by atoms with E-state index in [9.17, 15) is 9.90 Å². The van der Waals surface area contributed by atoms with E-state index < -0.39 is 5.97 Å². The lowest BCUT2D eigenvalue weighted by atomic mass is 9.80. The number of rotatable bonds is 5. The summed E-state index contributed by atoms with van der Waals surface area (Å²) in [6, 6.07) is 0.231. The second-order valence-corrected chi connectivity index (χ2v) is 8.86. The van der Waals surface area contributed by atoms with Crippen LogP contribution >= 0.6 is 0 Å². The van der Waals surface area contributed by atoms with Crippen molar-refractivity contribution in [3.8, 4) is 0 Å². The summed E-state index contributed by atoms with van der Waals surface area (Å²) in [6.07, 6.45) is 10.5. The quantitative estimate of drug-likeness (QED) is 0.691. The number of carbonyl (C=O) groups is 1. The van der Waals surface area contributed by atoms with E-state index in [1.54, 1.807) is 0 Å². The lowest BCUT2D eigenvalue weighted by Crippen LogP contribution is -2.36. The van der Waals surface area contributed by atoms with Crippen molar-refractivity contribution < 1.29 is 14.7 Å². The Morgan fingerprint density at radius 2 is 2.13 bits per heavy atom. The Bertz CT molecular complexity index is 1020. The zero-order valence-corrected chi connectivity index (χ0v) is 17.6. The molecule has 0 atom stereocenters. The van der Waals surface area contributed by atoms with Gasteiger partial charge in [-0.15, -0.1) is 0 Å². The molecule has 0 aromatic carbocycles. The summed E-state index contributed by atoms with van der Waals surface area (Å²) in [4.78, 5) is 22.0. The molecule has 1 spiro atoms. The third kappa shape index (κ3) is 3.14. The van der Waals surface area contributed by atoms with Crippen LogP contribution < -0.4 is 10.8 Å². The van der Waals surface area contributed by atoms with Gasteiger partial charge < -0.3 is 10.4 Å². The number of carboxylic acids is 1. The summed E-state index contributed by atoms with van der Waals surface area (Å²) >= 11 is 0. The predicted octanol–water partition coefficient (Wildman–Crippen LogP) is 3.61. The van der Waals surface area contributed by atoms with Crippen molar-refractivity contribution in [3.05, 3.63) is 23.5 Å². The minimum Gasteiger partial charge on any atom is -0.481 e. The fourth-order valence-electron chi connectivity index (χ4n) is 4.96. The Kier molecular flexibility index (Phi) is 4.69. The van der Waals surface area contributed by atoms with Crippen LogP contribution in [0.3, 0.4) is 0 Å². The number of aryl methyl sites for hydroxylation is 2. The molecule has 160 valence electrons. The van der Waals surface area contributed by atoms with Crippen molar-refractivity contribution in [2.45, 2.75) is 77.0 Å². The van der Waals surface area contributed by atoms with Crippen molar-refractivity contribution in [1.82, 2.24) is 20.2 Å². The first-order chi connectivity index (χ1) is 14.5. The molecule has 2 aromatic rings. The number of aromatic nitrogens is 3. The molecule has 0 saturated heterocycles. The molecule has 0 amide bonds. The molecule has 1 aliphatic heterocycles. The van der Waals surface area contributed by atoms with Crippen molar-refractivity contribution in [2.75, 3.05) is 5.32 Å². The lowest BCUT2D eigenvalue weighted by molar-refractivity contribution is -0.142. The fraction of sp³-hybridized carbons (Fsp3) is 0.591. The molecule has 3 heterocycles. The molecule has 30 heavy (non-hydrogen) atoms. The molecule has 2 fully saturated rings. The summed E-state index contributed by atoms with van der Waals surface area (Å²) in [5.41, 5.74) is 7.76. The fourth-order valence-corrected chi connectivity index (χ4v) is 4.96. The van der Waals surface area contributed by atoms with Crippen LogP contribution in [0.5, 0.6) is 0 Å². The van der Waals surface area contributed by atoms with Crippen LogP contribution in [0.2, 0.25) is 0 Å². The van der Waals surface area contributed by atoms with E-state index in [-0.39, 0.29) is 17.6 Å². The lowest BCUT2D eigenvalue weighted by Gasteiger charge is -2.33. The molecule has 5 rings (SSSR count). The van der Waals surface area contributed by atoms with Gasteiger partial charge in [0.05, 0.1) is 28.4 Å². The topological polar surface area (TPSA) is 101 Å². The van der Waals surface area contributed by atoms with Crippen LogP contribution in [0.1, 0.15) is 63.1 Å². The van der Waals surface area contributed by atoms with E-state index in [1.807, 2.05) is 17.8 Å². The molecular weight excluding hydrogens is 382 g/mol. The van der Waals surface area contributed by atoms with Crippen molar-refractivity contribution >= 4 is 28.4 Å². The van der Waals surface area contributed by atoms with Crippen LogP contribution in [-0.2, 0) is 16.2 Å². The number of nitrogens with one attached hydrogen (secondary N) is 2. The zero-order valence-electron chi connectivity index (χ0n) is 17.6. The van der Waals surface area contributed by atoms with Crippen LogP contribution in [0.25, 0.3) is 16.7 Å². The van der Waals surface area contributed by atoms with Gasteiger partial charge in [-0.2, -0.15) is 5.10 Å². The predicted molar refractivity (Wildman–Crippen MR) is 114 cm³/mol. The molecule has 0 bridgehead atoms. The number of anilines is 1. The van der Waals surface area contributed by atoms with Crippen molar-refractivity contribution in [1.29, 1.82) is 0 Å². The van der Waals surface area contributed by atoms with Crippen molar-refractivity contribution in [3.63, 3.8) is 0 Å². The first kappa shape index (κ1) is 19.4. The van der Waals surface area contributed by atoms with Gasteiger partial charge in [-0.1, -0.05) is 0 Å². The maximum atomic E-state index is 11.3. The molecule has 0 unspecified atom stereocenters. The van der Waals surface area contributed by atoms with E-state index in [1.165, 1.54) is 6.42 Å². The monoisotopic (exact) mass is 411 g/mol. The van der Waals surface area contributed by atoms with E-state index in [4.69, 9.17) is 9.82 Å². The van der Waals surface area contributed by atoms with Gasteiger partial charge in [0.2, 0.25) is 0 Å². The number of aliphatic carboxylic acids is 1. The van der Waals surface area contributed by atoms with Crippen LogP contribution in [-0.4, -0.2) is 37.5 Å². The number of hydroxylamine groups is 1. The van der Waals surface area contributed by atoms with Gasteiger partial charge in [0.25, 0.3) is 0 Å². The van der Waals surface area contributed by atoms with Gasteiger partial charge >= 0.3 is 5.97 Å². The summed E-state index contributed by atoms with van der Waals surface area (Å²) in [5, 5.41) is 18.8. The molecule has 0 radical (unpaired) electrons. The standard InChI is InChI=1S/C22H29N5O3/c1-3-27-20-18(13(2)25-27)19(24-15-7-5-14(6-8-15)21(28)29)16(12-23-20)17-11-22(30-26-17)9-4-10-22/h11-12,14-15,26H,3-10H2,1-2H3,(H,23,24)(H,28,29). The molecule has 3 N–H and O–H groups in total. The molecule has 2 aromatic heterocycles. The molecule has 2 saturated carbocycles. The van der Waals surface area contributed by atoms with Gasteiger partial charge in [-0.25, -0.2) is 9.67 Å². The third-order valence-corrected chi connectivity index (χ3v) is 6.92. The molecule has 2 aliphatic carbocycles. The number of fused-ring (bicyclic) bond motifs is 1. The number of hydrogen-bond acceptors (Lipinski definition) is 6. The van der Waals surface area contributed by atoms with Gasteiger partial charge in [0.15, 0.2) is 5.65 Å². The third-order valence-electron chi connectivity index (χ3n) is 6.92. The second kappa shape index (κ2) is 7.27. The SMILES string of the molecule is CCn1nc(C)c2c(NC3CCC(C(=O)O)CC3)c(C3=CC4(CCC4)ON3)cnc21. The van der Waals surface area contributed by atoms with Gasteiger partial charge in [-0.3, -0.25) is 15.1 Å². The Morgan fingerprint density at radius 3 is 2.73 bits per heavy atom. The maximum absolute atomic E-state index is 11.3. The normalized spacial score (nSPS) is 25.1. The van der Waals surface area contributed by atoms with E-state index in [2.05, 4.69) is 28.9 Å². The number of carboxylic acid groups (broad SMARTS) is 1. The Morgan fingerprint density at radius 1 is 1.37 bits per heavy atom. The molecule has 8 heteroatoms. The number of nitrogens with zero attached hydrogens (tertiary/aromatic N) is 3. The molecule has 8 nitrogen and oxygen atoms in total. The summed E-state index contributed by atoms with van der Waals surface area (Å²) in [5.74, 6) is -0.903. The van der Waals surface area contributed by atoms with Gasteiger partial charge in [0, 0.05) is 24.3 Å². The first-order valence-electron chi connectivity index (χ1n) is 11.0. The Hall–Kier alpha value is -2.61. The minimum atomic E-state index is -0.677. The minimum absolute atomic E-state index is 0.177. The molecule has 3 aliphatic rings. The van der Waals surface area contributed by atoms with Crippen LogP contribution in [0, 0.1) is 12.8 Å². The highest BCUT2D eigenvalue weighted by Gasteiger charge is 2.42. The van der Waals surface area contributed by atoms with Gasteiger partial charge in [0.1, 0.15) is 5.60 Å². The molecular formula is C22H29N5O3. The summed E-state index contributed by atoms with van der Waals surface area (Å²) in [6.45, 7) is 4.84. The highest BCUT2D eigenvalue weighted by atomic mass is 16.7. The first-order valence-corrected chi connectivity index (χ1v) is 11.0. The highest BCUT2D eigenvalue weighted by molar-refractivity contribution is 5.97. The zero-order chi connectivity index (χ0) is 20.9.